The van der Waals surface area contributed by atoms with E-state index in [9.17, 15) is 9.90 Å². The van der Waals surface area contributed by atoms with E-state index in [2.05, 4.69) is 27.2 Å². The Morgan fingerprint density at radius 2 is 2.33 bits per heavy atom. The first-order chi connectivity index (χ1) is 10.3. The second-order valence-electron chi connectivity index (χ2n) is 4.96. The Morgan fingerprint density at radius 1 is 1.48 bits per heavy atom. The van der Waals surface area contributed by atoms with Crippen molar-refractivity contribution >= 4 is 22.8 Å². The summed E-state index contributed by atoms with van der Waals surface area (Å²) in [6.45, 7) is 2.86. The molecular formula is C14H22N4O2S. The smallest absolute Gasteiger partial charge is 0.275 e. The number of aromatic nitrogens is 3. The van der Waals surface area contributed by atoms with Crippen LogP contribution in [0.15, 0.2) is 17.3 Å². The van der Waals surface area contributed by atoms with Crippen molar-refractivity contribution < 1.29 is 5.11 Å². The molecule has 4 N–H and O–H groups in total. The highest BCUT2D eigenvalue weighted by Crippen LogP contribution is 2.12. The summed E-state index contributed by atoms with van der Waals surface area (Å²) in [7, 11) is 0. The molecule has 0 saturated heterocycles. The molecule has 2 aromatic heterocycles. The average molecular weight is 310 g/mol. The van der Waals surface area contributed by atoms with Crippen molar-refractivity contribution in [2.24, 2.45) is 0 Å². The molecule has 0 aliphatic rings. The summed E-state index contributed by atoms with van der Waals surface area (Å²) >= 11 is 1.85. The first-order valence-electron chi connectivity index (χ1n) is 7.21. The topological polar surface area (TPSA) is 93.8 Å². The number of nitrogens with zero attached hydrogens (tertiary/aromatic N) is 1. The Bertz CT molecular complexity index is 610. The zero-order valence-electron chi connectivity index (χ0n) is 12.2. The van der Waals surface area contributed by atoms with Gasteiger partial charge in [0.25, 0.3) is 5.56 Å². The molecule has 0 aliphatic heterocycles. The van der Waals surface area contributed by atoms with Gasteiger partial charge in [-0.1, -0.05) is 13.3 Å². The molecule has 0 aliphatic carbocycles. The van der Waals surface area contributed by atoms with Crippen molar-refractivity contribution in [3.8, 4) is 0 Å². The van der Waals surface area contributed by atoms with Gasteiger partial charge in [0.1, 0.15) is 5.52 Å². The predicted molar refractivity (Wildman–Crippen MR) is 86.7 cm³/mol. The van der Waals surface area contributed by atoms with Gasteiger partial charge in [-0.2, -0.15) is 11.8 Å². The summed E-state index contributed by atoms with van der Waals surface area (Å²) in [4.78, 5) is 21.3. The average Bonchev–Trinajstić information content (AvgIpc) is 2.91. The van der Waals surface area contributed by atoms with Crippen molar-refractivity contribution in [2.75, 3.05) is 18.1 Å². The molecule has 0 bridgehead atoms. The lowest BCUT2D eigenvalue weighted by molar-refractivity contribution is 0.253. The number of rotatable bonds is 9. The Balaban J connectivity index is 1.91. The SMILES string of the molecule is CCCCSCC(CO)NCc1c[nH]c2c(=O)[nH]cnc12. The minimum absolute atomic E-state index is 0.0544. The van der Waals surface area contributed by atoms with Crippen LogP contribution in [0, 0.1) is 0 Å². The highest BCUT2D eigenvalue weighted by Gasteiger charge is 2.11. The lowest BCUT2D eigenvalue weighted by Crippen LogP contribution is -2.34. The minimum Gasteiger partial charge on any atom is -0.395 e. The van der Waals surface area contributed by atoms with Crippen molar-refractivity contribution in [2.45, 2.75) is 32.4 Å². The van der Waals surface area contributed by atoms with Crippen LogP contribution in [0.1, 0.15) is 25.3 Å². The van der Waals surface area contributed by atoms with E-state index in [-0.39, 0.29) is 18.2 Å². The highest BCUT2D eigenvalue weighted by molar-refractivity contribution is 7.99. The molecule has 0 spiro atoms. The molecule has 0 amide bonds. The molecule has 2 aromatic rings. The Morgan fingerprint density at radius 3 is 3.10 bits per heavy atom. The van der Waals surface area contributed by atoms with Gasteiger partial charge in [-0.3, -0.25) is 4.79 Å². The molecule has 21 heavy (non-hydrogen) atoms. The van der Waals surface area contributed by atoms with Gasteiger partial charge < -0.3 is 20.4 Å². The van der Waals surface area contributed by atoms with Crippen LogP contribution in [-0.2, 0) is 6.54 Å². The first kappa shape index (κ1) is 16.1. The summed E-state index contributed by atoms with van der Waals surface area (Å²) < 4.78 is 0. The standard InChI is InChI=1S/C14H22N4O2S/c1-2-3-4-21-8-11(7-19)15-5-10-6-16-13-12(10)17-9-18-14(13)20/h6,9,11,15-16,19H,2-5,7-8H2,1H3,(H,17,18,20). The molecule has 1 unspecified atom stereocenters. The van der Waals surface area contributed by atoms with Crippen LogP contribution in [0.25, 0.3) is 11.0 Å². The molecule has 2 rings (SSSR count). The van der Waals surface area contributed by atoms with E-state index in [1.807, 2.05) is 11.8 Å². The predicted octanol–water partition coefficient (Wildman–Crippen LogP) is 1.24. The van der Waals surface area contributed by atoms with Crippen LogP contribution in [0.5, 0.6) is 0 Å². The van der Waals surface area contributed by atoms with Gasteiger partial charge in [-0.25, -0.2) is 4.98 Å². The number of hydrogen-bond acceptors (Lipinski definition) is 5. The number of aromatic amines is 2. The summed E-state index contributed by atoms with van der Waals surface area (Å²) in [5, 5.41) is 12.7. The fourth-order valence-corrected chi connectivity index (χ4v) is 3.21. The number of nitrogens with one attached hydrogen (secondary N) is 3. The van der Waals surface area contributed by atoms with Crippen LogP contribution >= 0.6 is 11.8 Å². The van der Waals surface area contributed by atoms with Gasteiger partial charge in [-0.15, -0.1) is 0 Å². The van der Waals surface area contributed by atoms with Crippen LogP contribution < -0.4 is 10.9 Å². The van der Waals surface area contributed by atoms with E-state index < -0.39 is 0 Å². The lowest BCUT2D eigenvalue weighted by atomic mass is 10.2. The Kier molecular flexibility index (Phi) is 6.28. The molecule has 6 nitrogen and oxygen atoms in total. The number of hydrogen-bond donors (Lipinski definition) is 4. The van der Waals surface area contributed by atoms with Crippen LogP contribution in [0.3, 0.4) is 0 Å². The summed E-state index contributed by atoms with van der Waals surface area (Å²) in [5.41, 5.74) is 1.95. The monoisotopic (exact) mass is 310 g/mol. The summed E-state index contributed by atoms with van der Waals surface area (Å²) in [5.74, 6) is 2.01. The molecule has 116 valence electrons. The van der Waals surface area contributed by atoms with E-state index in [4.69, 9.17) is 0 Å². The number of unbranched alkanes of at least 4 members (excludes halogenated alkanes) is 1. The van der Waals surface area contributed by atoms with E-state index in [0.29, 0.717) is 17.6 Å². The van der Waals surface area contributed by atoms with Crippen LogP contribution in [0.4, 0.5) is 0 Å². The van der Waals surface area contributed by atoms with Crippen molar-refractivity contribution in [1.29, 1.82) is 0 Å². The van der Waals surface area contributed by atoms with E-state index in [1.54, 1.807) is 6.20 Å². The summed E-state index contributed by atoms with van der Waals surface area (Å²) in [6, 6.07) is 0.0544. The molecule has 0 aromatic carbocycles. The number of aliphatic hydroxyl groups is 1. The maximum atomic E-state index is 11.6. The van der Waals surface area contributed by atoms with E-state index in [0.717, 1.165) is 17.1 Å². The number of fused-ring (bicyclic) bond motifs is 1. The molecule has 7 heteroatoms. The Hall–Kier alpha value is -1.31. The molecule has 0 radical (unpaired) electrons. The molecule has 1 atom stereocenters. The number of aliphatic hydroxyl groups excluding tert-OH is 1. The minimum atomic E-state index is -0.167. The van der Waals surface area contributed by atoms with Gasteiger partial charge in [0, 0.05) is 30.1 Å². The second-order valence-corrected chi connectivity index (χ2v) is 6.11. The van der Waals surface area contributed by atoms with Gasteiger partial charge in [0.15, 0.2) is 0 Å². The zero-order valence-corrected chi connectivity index (χ0v) is 13.0. The quantitative estimate of drug-likeness (QED) is 0.523. The Labute approximate surface area is 127 Å². The van der Waals surface area contributed by atoms with Gasteiger partial charge in [0.2, 0.25) is 0 Å². The second kappa shape index (κ2) is 8.21. The van der Waals surface area contributed by atoms with Crippen LogP contribution in [0.2, 0.25) is 0 Å². The first-order valence-corrected chi connectivity index (χ1v) is 8.37. The zero-order chi connectivity index (χ0) is 15.1. The molecular weight excluding hydrogens is 288 g/mol. The van der Waals surface area contributed by atoms with E-state index in [1.165, 1.54) is 19.2 Å². The fourth-order valence-electron chi connectivity index (χ4n) is 2.04. The third-order valence-corrected chi connectivity index (χ3v) is 4.53. The third kappa shape index (κ3) is 4.33. The van der Waals surface area contributed by atoms with Crippen LogP contribution in [-0.4, -0.2) is 44.2 Å². The fraction of sp³-hybridized carbons (Fsp3) is 0.571. The third-order valence-electron chi connectivity index (χ3n) is 3.31. The van der Waals surface area contributed by atoms with Crippen molar-refractivity contribution in [3.63, 3.8) is 0 Å². The van der Waals surface area contributed by atoms with Gasteiger partial charge in [-0.05, 0) is 12.2 Å². The maximum Gasteiger partial charge on any atom is 0.275 e. The maximum absolute atomic E-state index is 11.6. The van der Waals surface area contributed by atoms with Gasteiger partial charge in [0.05, 0.1) is 18.5 Å². The summed E-state index contributed by atoms with van der Waals surface area (Å²) in [6.07, 6.45) is 5.60. The van der Waals surface area contributed by atoms with E-state index >= 15 is 0 Å². The van der Waals surface area contributed by atoms with Crippen molar-refractivity contribution in [3.05, 3.63) is 28.4 Å². The molecule has 0 fully saturated rings. The largest absolute Gasteiger partial charge is 0.395 e. The molecule has 0 saturated carbocycles. The highest BCUT2D eigenvalue weighted by atomic mass is 32.2. The normalized spacial score (nSPS) is 12.9. The number of H-pyrrole nitrogens is 2. The van der Waals surface area contributed by atoms with Crippen molar-refractivity contribution in [1.82, 2.24) is 20.3 Å². The van der Waals surface area contributed by atoms with Gasteiger partial charge >= 0.3 is 0 Å². The number of thioether (sulfide) groups is 1. The molecule has 2 heterocycles. The lowest BCUT2D eigenvalue weighted by Gasteiger charge is -2.15.